The molecule has 2 rings (SSSR count). The van der Waals surface area contributed by atoms with Crippen LogP contribution in [-0.4, -0.2) is 12.1 Å². The summed E-state index contributed by atoms with van der Waals surface area (Å²) in [5, 5.41) is 1.03. The first kappa shape index (κ1) is 7.10. The summed E-state index contributed by atoms with van der Waals surface area (Å²) in [6, 6.07) is 10.5. The van der Waals surface area contributed by atoms with Crippen LogP contribution in [0.15, 0.2) is 30.5 Å². The fourth-order valence-electron chi connectivity index (χ4n) is 1.19. The van der Waals surface area contributed by atoms with Crippen LogP contribution in [0.3, 0.4) is 0 Å². The monoisotopic (exact) mass is 158 g/mol. The SMILES string of the molecule is COc1ccnc2c[c]ccc12. The second kappa shape index (κ2) is 2.81. The summed E-state index contributed by atoms with van der Waals surface area (Å²) in [5.74, 6) is 0.856. The van der Waals surface area contributed by atoms with Crippen molar-refractivity contribution in [3.8, 4) is 5.75 Å². The van der Waals surface area contributed by atoms with Crippen molar-refractivity contribution in [1.29, 1.82) is 0 Å². The van der Waals surface area contributed by atoms with Crippen LogP contribution in [0.4, 0.5) is 0 Å². The molecular formula is C10H8NO. The first-order valence-electron chi connectivity index (χ1n) is 3.70. The maximum absolute atomic E-state index is 5.17. The van der Waals surface area contributed by atoms with Crippen molar-refractivity contribution in [1.82, 2.24) is 4.98 Å². The number of methoxy groups -OCH3 is 1. The number of hydrogen-bond donors (Lipinski definition) is 0. The molecule has 0 N–H and O–H groups in total. The van der Waals surface area contributed by atoms with Crippen LogP contribution in [0.2, 0.25) is 0 Å². The van der Waals surface area contributed by atoms with Gasteiger partial charge in [-0.15, -0.1) is 0 Å². The van der Waals surface area contributed by atoms with Crippen molar-refractivity contribution in [2.45, 2.75) is 0 Å². The first-order valence-corrected chi connectivity index (χ1v) is 3.70. The Morgan fingerprint density at radius 1 is 1.42 bits per heavy atom. The molecular weight excluding hydrogens is 150 g/mol. The molecule has 0 saturated carbocycles. The van der Waals surface area contributed by atoms with E-state index in [1.807, 2.05) is 24.3 Å². The van der Waals surface area contributed by atoms with Gasteiger partial charge in [-0.1, -0.05) is 6.07 Å². The van der Waals surface area contributed by atoms with E-state index in [4.69, 9.17) is 4.74 Å². The van der Waals surface area contributed by atoms with E-state index in [1.165, 1.54) is 0 Å². The van der Waals surface area contributed by atoms with Gasteiger partial charge in [-0.05, 0) is 24.3 Å². The van der Waals surface area contributed by atoms with Crippen molar-refractivity contribution in [3.05, 3.63) is 36.5 Å². The van der Waals surface area contributed by atoms with E-state index >= 15 is 0 Å². The molecule has 59 valence electrons. The van der Waals surface area contributed by atoms with E-state index in [-0.39, 0.29) is 0 Å². The molecule has 1 heterocycles. The van der Waals surface area contributed by atoms with Crippen molar-refractivity contribution in [3.63, 3.8) is 0 Å². The van der Waals surface area contributed by atoms with Crippen LogP contribution >= 0.6 is 0 Å². The predicted molar refractivity (Wildman–Crippen MR) is 47.1 cm³/mol. The van der Waals surface area contributed by atoms with Crippen LogP contribution in [0.25, 0.3) is 10.9 Å². The highest BCUT2D eigenvalue weighted by Crippen LogP contribution is 2.21. The smallest absolute Gasteiger partial charge is 0.129 e. The number of hydrogen-bond acceptors (Lipinski definition) is 2. The maximum Gasteiger partial charge on any atom is 0.129 e. The Hall–Kier alpha value is -1.57. The Morgan fingerprint density at radius 3 is 3.17 bits per heavy atom. The van der Waals surface area contributed by atoms with Gasteiger partial charge >= 0.3 is 0 Å². The normalized spacial score (nSPS) is 10.1. The van der Waals surface area contributed by atoms with Crippen LogP contribution in [0.5, 0.6) is 5.75 Å². The lowest BCUT2D eigenvalue weighted by atomic mass is 10.2. The molecule has 1 radical (unpaired) electrons. The minimum Gasteiger partial charge on any atom is -0.496 e. The van der Waals surface area contributed by atoms with Crippen LogP contribution in [0, 0.1) is 6.07 Å². The third kappa shape index (κ3) is 1.01. The second-order valence-electron chi connectivity index (χ2n) is 2.46. The lowest BCUT2D eigenvalue weighted by Crippen LogP contribution is -1.85. The van der Waals surface area contributed by atoms with E-state index < -0.39 is 0 Å². The van der Waals surface area contributed by atoms with Gasteiger partial charge in [-0.3, -0.25) is 4.98 Å². The minimum atomic E-state index is 0.856. The van der Waals surface area contributed by atoms with Gasteiger partial charge < -0.3 is 4.74 Å². The van der Waals surface area contributed by atoms with E-state index in [1.54, 1.807) is 13.3 Å². The molecule has 2 aromatic rings. The summed E-state index contributed by atoms with van der Waals surface area (Å²) in [6.07, 6.45) is 1.73. The van der Waals surface area contributed by atoms with Crippen LogP contribution in [-0.2, 0) is 0 Å². The standard InChI is InChI=1S/C10H8NO/c1-12-10-6-7-11-9-5-3-2-4-8(9)10/h2,4-7H,1H3. The highest BCUT2D eigenvalue weighted by atomic mass is 16.5. The number of aromatic nitrogens is 1. The van der Waals surface area contributed by atoms with Gasteiger partial charge in [-0.2, -0.15) is 0 Å². The molecule has 0 amide bonds. The van der Waals surface area contributed by atoms with E-state index in [2.05, 4.69) is 11.1 Å². The molecule has 0 aliphatic carbocycles. The number of ether oxygens (including phenoxy) is 1. The van der Waals surface area contributed by atoms with E-state index in [0.717, 1.165) is 16.7 Å². The number of pyridine rings is 1. The van der Waals surface area contributed by atoms with Gasteiger partial charge in [0.15, 0.2) is 0 Å². The van der Waals surface area contributed by atoms with Crippen molar-refractivity contribution in [2.24, 2.45) is 0 Å². The van der Waals surface area contributed by atoms with Gasteiger partial charge in [0.05, 0.1) is 12.6 Å². The van der Waals surface area contributed by atoms with Gasteiger partial charge in [-0.25, -0.2) is 0 Å². The Labute approximate surface area is 70.8 Å². The molecule has 0 atom stereocenters. The summed E-state index contributed by atoms with van der Waals surface area (Å²) < 4.78 is 5.17. The third-order valence-corrected chi connectivity index (χ3v) is 1.77. The highest BCUT2D eigenvalue weighted by Gasteiger charge is 1.98. The molecule has 0 saturated heterocycles. The molecule has 1 aromatic carbocycles. The van der Waals surface area contributed by atoms with Crippen LogP contribution < -0.4 is 4.74 Å². The van der Waals surface area contributed by atoms with Crippen LogP contribution in [0.1, 0.15) is 0 Å². The third-order valence-electron chi connectivity index (χ3n) is 1.77. The van der Waals surface area contributed by atoms with Gasteiger partial charge in [0, 0.05) is 11.6 Å². The Kier molecular flexibility index (Phi) is 1.67. The average Bonchev–Trinajstić information content (AvgIpc) is 2.17. The molecule has 2 nitrogen and oxygen atoms in total. The van der Waals surface area contributed by atoms with Gasteiger partial charge in [0.25, 0.3) is 0 Å². The second-order valence-corrected chi connectivity index (χ2v) is 2.46. The van der Waals surface area contributed by atoms with Gasteiger partial charge in [0.1, 0.15) is 5.75 Å². The minimum absolute atomic E-state index is 0.856. The molecule has 0 aliphatic rings. The Bertz CT molecular complexity index is 392. The Balaban J connectivity index is 2.79. The highest BCUT2D eigenvalue weighted by molar-refractivity contribution is 5.84. The molecule has 0 spiro atoms. The number of benzene rings is 1. The summed E-state index contributed by atoms with van der Waals surface area (Å²) in [7, 11) is 1.66. The summed E-state index contributed by atoms with van der Waals surface area (Å²) >= 11 is 0. The number of fused-ring (bicyclic) bond motifs is 1. The molecule has 0 aliphatic heterocycles. The fraction of sp³-hybridized carbons (Fsp3) is 0.100. The average molecular weight is 158 g/mol. The largest absolute Gasteiger partial charge is 0.496 e. The zero-order valence-corrected chi connectivity index (χ0v) is 6.74. The summed E-state index contributed by atoms with van der Waals surface area (Å²) in [4.78, 5) is 4.18. The topological polar surface area (TPSA) is 22.1 Å². The zero-order chi connectivity index (χ0) is 8.39. The summed E-state index contributed by atoms with van der Waals surface area (Å²) in [5.41, 5.74) is 0.914. The predicted octanol–water partition coefficient (Wildman–Crippen LogP) is 2.04. The Morgan fingerprint density at radius 2 is 2.33 bits per heavy atom. The summed E-state index contributed by atoms with van der Waals surface area (Å²) in [6.45, 7) is 0. The fourth-order valence-corrected chi connectivity index (χ4v) is 1.19. The number of nitrogens with zero attached hydrogens (tertiary/aromatic N) is 1. The van der Waals surface area contributed by atoms with E-state index in [9.17, 15) is 0 Å². The quantitative estimate of drug-likeness (QED) is 0.633. The molecule has 2 heteroatoms. The van der Waals surface area contributed by atoms with E-state index in [0.29, 0.717) is 0 Å². The lowest BCUT2D eigenvalue weighted by molar-refractivity contribution is 0.419. The van der Waals surface area contributed by atoms with Crippen molar-refractivity contribution >= 4 is 10.9 Å². The van der Waals surface area contributed by atoms with Crippen molar-refractivity contribution < 1.29 is 4.74 Å². The first-order chi connectivity index (χ1) is 5.92. The van der Waals surface area contributed by atoms with Crippen molar-refractivity contribution in [2.75, 3.05) is 7.11 Å². The molecule has 0 bridgehead atoms. The molecule has 12 heavy (non-hydrogen) atoms. The molecule has 0 unspecified atom stereocenters. The molecule has 0 fully saturated rings. The lowest BCUT2D eigenvalue weighted by Gasteiger charge is -2.02. The van der Waals surface area contributed by atoms with Gasteiger partial charge in [0.2, 0.25) is 0 Å². The number of rotatable bonds is 1. The molecule has 1 aromatic heterocycles. The maximum atomic E-state index is 5.17. The zero-order valence-electron chi connectivity index (χ0n) is 6.74.